The summed E-state index contributed by atoms with van der Waals surface area (Å²) in [6.07, 6.45) is 2.63. The van der Waals surface area contributed by atoms with Gasteiger partial charge in [0.25, 0.3) is 0 Å². The van der Waals surface area contributed by atoms with Crippen molar-refractivity contribution in [2.75, 3.05) is 33.9 Å². The van der Waals surface area contributed by atoms with Crippen LogP contribution in [0.1, 0.15) is 29.5 Å². The van der Waals surface area contributed by atoms with E-state index >= 15 is 0 Å². The molecule has 2 aromatic carbocycles. The summed E-state index contributed by atoms with van der Waals surface area (Å²) in [5.41, 5.74) is 3.75. The molecule has 1 N–H and O–H groups in total. The van der Waals surface area contributed by atoms with Gasteiger partial charge < -0.3 is 14.8 Å². The van der Waals surface area contributed by atoms with Gasteiger partial charge in [-0.25, -0.2) is 0 Å². The summed E-state index contributed by atoms with van der Waals surface area (Å²) >= 11 is 0. The van der Waals surface area contributed by atoms with Crippen LogP contribution in [0.25, 0.3) is 0 Å². The number of carbonyl (C=O) groups is 1. The van der Waals surface area contributed by atoms with Crippen LogP contribution in [0.15, 0.2) is 42.5 Å². The number of hydrogen-bond acceptors (Lipinski definition) is 4. The van der Waals surface area contributed by atoms with E-state index in [9.17, 15) is 4.79 Å². The van der Waals surface area contributed by atoms with Crippen molar-refractivity contribution < 1.29 is 14.3 Å². The van der Waals surface area contributed by atoms with E-state index in [4.69, 9.17) is 9.47 Å². The van der Waals surface area contributed by atoms with Crippen LogP contribution in [0.4, 0.5) is 0 Å². The molecule has 0 saturated carbocycles. The molecule has 2 aromatic rings. The molecule has 1 saturated heterocycles. The number of piperidine rings is 1. The van der Waals surface area contributed by atoms with Crippen molar-refractivity contribution in [3.8, 4) is 11.5 Å². The van der Waals surface area contributed by atoms with Gasteiger partial charge in [-0.1, -0.05) is 35.9 Å². The minimum atomic E-state index is 0.120. The van der Waals surface area contributed by atoms with E-state index in [0.717, 1.165) is 56.0 Å². The molecule has 1 fully saturated rings. The van der Waals surface area contributed by atoms with Gasteiger partial charge in [-0.2, -0.15) is 0 Å². The highest BCUT2D eigenvalue weighted by atomic mass is 16.5. The van der Waals surface area contributed by atoms with Crippen LogP contribution in [-0.2, 0) is 17.8 Å². The Balaban J connectivity index is 1.40. The van der Waals surface area contributed by atoms with Crippen molar-refractivity contribution in [3.63, 3.8) is 0 Å². The van der Waals surface area contributed by atoms with Crippen LogP contribution in [0.5, 0.6) is 11.5 Å². The lowest BCUT2D eigenvalue weighted by Gasteiger charge is -2.31. The second kappa shape index (κ2) is 10.3. The molecule has 0 aromatic heterocycles. The second-order valence-corrected chi connectivity index (χ2v) is 7.77. The van der Waals surface area contributed by atoms with Crippen molar-refractivity contribution in [2.24, 2.45) is 5.92 Å². The molecule has 1 aliphatic heterocycles. The van der Waals surface area contributed by atoms with Gasteiger partial charge in [0.15, 0.2) is 11.5 Å². The van der Waals surface area contributed by atoms with Crippen molar-refractivity contribution in [2.45, 2.75) is 32.7 Å². The molecule has 0 radical (unpaired) electrons. The third-order valence-corrected chi connectivity index (χ3v) is 5.65. The van der Waals surface area contributed by atoms with Crippen molar-refractivity contribution in [1.29, 1.82) is 0 Å². The average Bonchev–Trinajstić information content (AvgIpc) is 2.75. The summed E-state index contributed by atoms with van der Waals surface area (Å²) in [7, 11) is 3.26. The molecular formula is C24H32N2O3. The first kappa shape index (κ1) is 21.2. The second-order valence-electron chi connectivity index (χ2n) is 7.77. The largest absolute Gasteiger partial charge is 0.493 e. The maximum absolute atomic E-state index is 12.5. The highest BCUT2D eigenvalue weighted by molar-refractivity contribution is 5.78. The number of benzene rings is 2. The van der Waals surface area contributed by atoms with E-state index in [2.05, 4.69) is 41.4 Å². The molecule has 1 amide bonds. The number of carbonyl (C=O) groups excluding carboxylic acids is 1. The molecule has 5 heteroatoms. The van der Waals surface area contributed by atoms with Gasteiger partial charge in [-0.05, 0) is 62.5 Å². The van der Waals surface area contributed by atoms with E-state index < -0.39 is 0 Å². The Hall–Kier alpha value is -2.53. The van der Waals surface area contributed by atoms with E-state index in [1.807, 2.05) is 18.2 Å². The zero-order chi connectivity index (χ0) is 20.6. The minimum absolute atomic E-state index is 0.120. The van der Waals surface area contributed by atoms with Crippen molar-refractivity contribution in [1.82, 2.24) is 10.2 Å². The first-order chi connectivity index (χ1) is 14.1. The molecule has 3 rings (SSSR count). The Bertz CT molecular complexity index is 796. The van der Waals surface area contributed by atoms with Gasteiger partial charge in [-0.3, -0.25) is 9.69 Å². The maximum Gasteiger partial charge on any atom is 0.223 e. The topological polar surface area (TPSA) is 50.8 Å². The molecule has 0 bridgehead atoms. The van der Waals surface area contributed by atoms with Crippen LogP contribution in [0.3, 0.4) is 0 Å². The van der Waals surface area contributed by atoms with Crippen LogP contribution in [-0.4, -0.2) is 44.7 Å². The predicted molar refractivity (Wildman–Crippen MR) is 115 cm³/mol. The van der Waals surface area contributed by atoms with Crippen LogP contribution < -0.4 is 14.8 Å². The summed E-state index contributed by atoms with van der Waals surface area (Å²) in [6.45, 7) is 5.66. The number of methoxy groups -OCH3 is 2. The van der Waals surface area contributed by atoms with E-state index in [1.54, 1.807) is 14.2 Å². The van der Waals surface area contributed by atoms with Gasteiger partial charge in [0.2, 0.25) is 5.91 Å². The molecule has 0 atom stereocenters. The third-order valence-electron chi connectivity index (χ3n) is 5.65. The molecule has 0 unspecified atom stereocenters. The number of nitrogens with zero attached hydrogens (tertiary/aromatic N) is 1. The van der Waals surface area contributed by atoms with Crippen LogP contribution >= 0.6 is 0 Å². The summed E-state index contributed by atoms with van der Waals surface area (Å²) in [6, 6.07) is 14.6. The van der Waals surface area contributed by atoms with Crippen molar-refractivity contribution >= 4 is 5.91 Å². The van der Waals surface area contributed by atoms with Gasteiger partial charge in [0.05, 0.1) is 14.2 Å². The maximum atomic E-state index is 12.5. The van der Waals surface area contributed by atoms with Crippen LogP contribution in [0.2, 0.25) is 0 Å². The van der Waals surface area contributed by atoms with E-state index in [-0.39, 0.29) is 11.8 Å². The average molecular weight is 397 g/mol. The zero-order valence-corrected chi connectivity index (χ0v) is 17.7. The third kappa shape index (κ3) is 5.97. The SMILES string of the molecule is COc1ccc(CCNC(=O)C2CCN(Cc3ccc(C)cc3)CC2)cc1OC. The fourth-order valence-corrected chi connectivity index (χ4v) is 3.82. The van der Waals surface area contributed by atoms with Gasteiger partial charge >= 0.3 is 0 Å². The lowest BCUT2D eigenvalue weighted by molar-refractivity contribution is -0.126. The minimum Gasteiger partial charge on any atom is -0.493 e. The Labute approximate surface area is 174 Å². The Morgan fingerprint density at radius 2 is 1.66 bits per heavy atom. The first-order valence-electron chi connectivity index (χ1n) is 10.4. The number of amides is 1. The molecular weight excluding hydrogens is 364 g/mol. The zero-order valence-electron chi connectivity index (χ0n) is 17.7. The predicted octanol–water partition coefficient (Wildman–Crippen LogP) is 3.58. The quantitative estimate of drug-likeness (QED) is 0.741. The van der Waals surface area contributed by atoms with Gasteiger partial charge in [0.1, 0.15) is 0 Å². The smallest absolute Gasteiger partial charge is 0.223 e. The number of aryl methyl sites for hydroxylation is 1. The van der Waals surface area contributed by atoms with Gasteiger partial charge in [0, 0.05) is 19.0 Å². The number of ether oxygens (including phenoxy) is 2. The number of hydrogen-bond donors (Lipinski definition) is 1. The molecule has 1 heterocycles. The lowest BCUT2D eigenvalue weighted by atomic mass is 9.95. The Morgan fingerprint density at radius 3 is 2.31 bits per heavy atom. The summed E-state index contributed by atoms with van der Waals surface area (Å²) in [5.74, 6) is 1.74. The Kier molecular flexibility index (Phi) is 7.53. The molecule has 0 aliphatic carbocycles. The molecule has 5 nitrogen and oxygen atoms in total. The molecule has 29 heavy (non-hydrogen) atoms. The standard InChI is InChI=1S/C24H32N2O3/c1-18-4-6-20(7-5-18)17-26-14-11-21(12-15-26)24(27)25-13-10-19-8-9-22(28-2)23(16-19)29-3/h4-9,16,21H,10-15,17H2,1-3H3,(H,25,27). The van der Waals surface area contributed by atoms with Crippen LogP contribution in [0, 0.1) is 12.8 Å². The number of likely N-dealkylation sites (tertiary alicyclic amines) is 1. The first-order valence-corrected chi connectivity index (χ1v) is 10.4. The molecule has 156 valence electrons. The lowest BCUT2D eigenvalue weighted by Crippen LogP contribution is -2.40. The van der Waals surface area contributed by atoms with E-state index in [0.29, 0.717) is 6.54 Å². The fraction of sp³-hybridized carbons (Fsp3) is 0.458. The summed E-state index contributed by atoms with van der Waals surface area (Å²) in [5, 5.41) is 3.11. The number of nitrogens with one attached hydrogen (secondary N) is 1. The summed E-state index contributed by atoms with van der Waals surface area (Å²) in [4.78, 5) is 15.0. The monoisotopic (exact) mass is 396 g/mol. The fourth-order valence-electron chi connectivity index (χ4n) is 3.82. The highest BCUT2D eigenvalue weighted by Crippen LogP contribution is 2.27. The van der Waals surface area contributed by atoms with Gasteiger partial charge in [-0.15, -0.1) is 0 Å². The summed E-state index contributed by atoms with van der Waals surface area (Å²) < 4.78 is 10.6. The van der Waals surface area contributed by atoms with E-state index in [1.165, 1.54) is 11.1 Å². The van der Waals surface area contributed by atoms with Crippen molar-refractivity contribution in [3.05, 3.63) is 59.2 Å². The Morgan fingerprint density at radius 1 is 1.00 bits per heavy atom. The molecule has 0 spiro atoms. The molecule has 1 aliphatic rings. The normalized spacial score (nSPS) is 15.1. The highest BCUT2D eigenvalue weighted by Gasteiger charge is 2.24. The number of rotatable bonds is 8.